The maximum absolute atomic E-state index is 13.3. The first-order valence-electron chi connectivity index (χ1n) is 6.82. The molecule has 0 spiro atoms. The number of methoxy groups -OCH3 is 1. The Bertz CT molecular complexity index is 449. The van der Waals surface area contributed by atoms with Gasteiger partial charge < -0.3 is 15.8 Å². The van der Waals surface area contributed by atoms with E-state index in [9.17, 15) is 9.18 Å². The highest BCUT2D eigenvalue weighted by atomic mass is 19.1. The molecule has 3 N–H and O–H groups in total. The summed E-state index contributed by atoms with van der Waals surface area (Å²) >= 11 is 0. The van der Waals surface area contributed by atoms with E-state index in [1.807, 2.05) is 6.92 Å². The SMILES string of the molecule is COc1ccc(F)cc1C(C)NC(=O)CCCC(C)N. The van der Waals surface area contributed by atoms with Crippen LogP contribution in [0.1, 0.15) is 44.7 Å². The second kappa shape index (κ2) is 7.85. The maximum Gasteiger partial charge on any atom is 0.220 e. The molecule has 0 aliphatic carbocycles. The van der Waals surface area contributed by atoms with Gasteiger partial charge in [-0.15, -0.1) is 0 Å². The predicted octanol–water partition coefficient (Wildman–Crippen LogP) is 2.53. The van der Waals surface area contributed by atoms with Crippen molar-refractivity contribution in [2.75, 3.05) is 7.11 Å². The summed E-state index contributed by atoms with van der Waals surface area (Å²) < 4.78 is 18.5. The maximum atomic E-state index is 13.3. The number of carbonyl (C=O) groups excluding carboxylic acids is 1. The summed E-state index contributed by atoms with van der Waals surface area (Å²) in [7, 11) is 1.52. The summed E-state index contributed by atoms with van der Waals surface area (Å²) in [6.07, 6.45) is 1.98. The fourth-order valence-corrected chi connectivity index (χ4v) is 2.02. The number of rotatable bonds is 7. The van der Waals surface area contributed by atoms with Crippen molar-refractivity contribution in [2.45, 2.75) is 45.2 Å². The van der Waals surface area contributed by atoms with Crippen LogP contribution >= 0.6 is 0 Å². The lowest BCUT2D eigenvalue weighted by Gasteiger charge is -2.17. The molecule has 0 bridgehead atoms. The predicted molar refractivity (Wildman–Crippen MR) is 77.0 cm³/mol. The Balaban J connectivity index is 2.59. The third-order valence-electron chi connectivity index (χ3n) is 3.10. The molecular weight excluding hydrogens is 259 g/mol. The van der Waals surface area contributed by atoms with Crippen LogP contribution < -0.4 is 15.8 Å². The molecule has 2 atom stereocenters. The summed E-state index contributed by atoms with van der Waals surface area (Å²) in [5.41, 5.74) is 6.27. The van der Waals surface area contributed by atoms with Crippen molar-refractivity contribution in [1.82, 2.24) is 5.32 Å². The number of ether oxygens (including phenoxy) is 1. The van der Waals surface area contributed by atoms with E-state index < -0.39 is 0 Å². The van der Waals surface area contributed by atoms with Gasteiger partial charge in [0.2, 0.25) is 5.91 Å². The van der Waals surface area contributed by atoms with Crippen molar-refractivity contribution in [3.05, 3.63) is 29.6 Å². The van der Waals surface area contributed by atoms with Crippen molar-refractivity contribution in [3.8, 4) is 5.75 Å². The van der Waals surface area contributed by atoms with E-state index in [1.165, 1.54) is 19.2 Å². The Hall–Kier alpha value is -1.62. The fourth-order valence-electron chi connectivity index (χ4n) is 2.02. The van der Waals surface area contributed by atoms with Gasteiger partial charge in [-0.1, -0.05) is 0 Å². The summed E-state index contributed by atoms with van der Waals surface area (Å²) in [4.78, 5) is 11.8. The van der Waals surface area contributed by atoms with Gasteiger partial charge in [0, 0.05) is 18.0 Å². The van der Waals surface area contributed by atoms with Crippen molar-refractivity contribution < 1.29 is 13.9 Å². The minimum atomic E-state index is -0.348. The van der Waals surface area contributed by atoms with E-state index >= 15 is 0 Å². The molecule has 1 aromatic carbocycles. The lowest BCUT2D eigenvalue weighted by molar-refractivity contribution is -0.121. The molecule has 0 fully saturated rings. The zero-order valence-corrected chi connectivity index (χ0v) is 12.3. The van der Waals surface area contributed by atoms with Gasteiger partial charge in [-0.3, -0.25) is 4.79 Å². The van der Waals surface area contributed by atoms with E-state index in [-0.39, 0.29) is 23.8 Å². The Morgan fingerprint density at radius 2 is 2.15 bits per heavy atom. The Kier molecular flexibility index (Phi) is 6.45. The summed E-state index contributed by atoms with van der Waals surface area (Å²) in [6.45, 7) is 3.72. The molecule has 0 saturated carbocycles. The summed E-state index contributed by atoms with van der Waals surface area (Å²) in [5.74, 6) is 0.151. The molecule has 1 amide bonds. The van der Waals surface area contributed by atoms with Gasteiger partial charge in [0.15, 0.2) is 0 Å². The van der Waals surface area contributed by atoms with E-state index in [0.29, 0.717) is 17.7 Å². The van der Waals surface area contributed by atoms with Crippen LogP contribution in [0, 0.1) is 5.82 Å². The lowest BCUT2D eigenvalue weighted by atomic mass is 10.1. The number of benzene rings is 1. The number of hydrogen-bond acceptors (Lipinski definition) is 3. The molecule has 0 aliphatic rings. The highest BCUT2D eigenvalue weighted by molar-refractivity contribution is 5.76. The van der Waals surface area contributed by atoms with Crippen LogP contribution in [0.2, 0.25) is 0 Å². The van der Waals surface area contributed by atoms with Crippen LogP contribution in [-0.4, -0.2) is 19.1 Å². The fraction of sp³-hybridized carbons (Fsp3) is 0.533. The van der Waals surface area contributed by atoms with Crippen LogP contribution in [0.4, 0.5) is 4.39 Å². The molecule has 0 saturated heterocycles. The largest absolute Gasteiger partial charge is 0.496 e. The highest BCUT2D eigenvalue weighted by Gasteiger charge is 2.14. The number of hydrogen-bond donors (Lipinski definition) is 2. The molecule has 1 aromatic rings. The molecule has 5 heteroatoms. The van der Waals surface area contributed by atoms with Gasteiger partial charge in [0.05, 0.1) is 13.2 Å². The monoisotopic (exact) mass is 282 g/mol. The zero-order chi connectivity index (χ0) is 15.1. The van der Waals surface area contributed by atoms with Gasteiger partial charge in [0.1, 0.15) is 11.6 Å². The molecule has 2 unspecified atom stereocenters. The molecular formula is C15H23FN2O2. The second-order valence-corrected chi connectivity index (χ2v) is 5.04. The standard InChI is InChI=1S/C15H23FN2O2/c1-10(17)5-4-6-15(19)18-11(2)13-9-12(16)7-8-14(13)20-3/h7-11H,4-6,17H2,1-3H3,(H,18,19). The van der Waals surface area contributed by atoms with E-state index in [2.05, 4.69) is 5.32 Å². The minimum absolute atomic E-state index is 0.0653. The lowest BCUT2D eigenvalue weighted by Crippen LogP contribution is -2.27. The minimum Gasteiger partial charge on any atom is -0.496 e. The summed E-state index contributed by atoms with van der Waals surface area (Å²) in [6, 6.07) is 4.07. The number of halogens is 1. The molecule has 0 radical (unpaired) electrons. The smallest absolute Gasteiger partial charge is 0.220 e. The first-order valence-corrected chi connectivity index (χ1v) is 6.82. The molecule has 0 heterocycles. The molecule has 0 aromatic heterocycles. The number of amides is 1. The van der Waals surface area contributed by atoms with E-state index in [0.717, 1.165) is 12.8 Å². The van der Waals surface area contributed by atoms with Gasteiger partial charge in [-0.05, 0) is 44.9 Å². The van der Waals surface area contributed by atoms with E-state index in [4.69, 9.17) is 10.5 Å². The zero-order valence-electron chi connectivity index (χ0n) is 12.3. The topological polar surface area (TPSA) is 64.3 Å². The molecule has 1 rings (SSSR count). The Labute approximate surface area is 119 Å². The van der Waals surface area contributed by atoms with Crippen molar-refractivity contribution in [2.24, 2.45) is 5.73 Å². The average molecular weight is 282 g/mol. The van der Waals surface area contributed by atoms with Gasteiger partial charge in [-0.2, -0.15) is 0 Å². The number of carbonyl (C=O) groups is 1. The summed E-state index contributed by atoms with van der Waals surface area (Å²) in [5, 5.41) is 2.85. The quantitative estimate of drug-likeness (QED) is 0.807. The second-order valence-electron chi connectivity index (χ2n) is 5.04. The van der Waals surface area contributed by atoms with Crippen LogP contribution in [0.3, 0.4) is 0 Å². The van der Waals surface area contributed by atoms with Crippen molar-refractivity contribution >= 4 is 5.91 Å². The van der Waals surface area contributed by atoms with Gasteiger partial charge >= 0.3 is 0 Å². The van der Waals surface area contributed by atoms with Gasteiger partial charge in [-0.25, -0.2) is 4.39 Å². The highest BCUT2D eigenvalue weighted by Crippen LogP contribution is 2.25. The van der Waals surface area contributed by atoms with Crippen LogP contribution in [0.15, 0.2) is 18.2 Å². The Morgan fingerprint density at radius 1 is 1.45 bits per heavy atom. The van der Waals surface area contributed by atoms with Crippen LogP contribution in [0.25, 0.3) is 0 Å². The number of nitrogens with two attached hydrogens (primary N) is 1. The van der Waals surface area contributed by atoms with Gasteiger partial charge in [0.25, 0.3) is 0 Å². The van der Waals surface area contributed by atoms with E-state index in [1.54, 1.807) is 13.0 Å². The molecule has 4 nitrogen and oxygen atoms in total. The first kappa shape index (κ1) is 16.4. The van der Waals surface area contributed by atoms with Crippen LogP contribution in [0.5, 0.6) is 5.75 Å². The molecule has 20 heavy (non-hydrogen) atoms. The van der Waals surface area contributed by atoms with Crippen molar-refractivity contribution in [3.63, 3.8) is 0 Å². The molecule has 112 valence electrons. The first-order chi connectivity index (χ1) is 9.43. The van der Waals surface area contributed by atoms with Crippen LogP contribution in [-0.2, 0) is 4.79 Å². The Morgan fingerprint density at radius 3 is 2.75 bits per heavy atom. The third kappa shape index (κ3) is 5.17. The normalized spacial score (nSPS) is 13.7. The average Bonchev–Trinajstić information content (AvgIpc) is 2.38. The van der Waals surface area contributed by atoms with Crippen molar-refractivity contribution in [1.29, 1.82) is 0 Å². The molecule has 0 aliphatic heterocycles. The number of nitrogens with one attached hydrogen (secondary N) is 1. The third-order valence-corrected chi connectivity index (χ3v) is 3.10.